The first-order valence-electron chi connectivity index (χ1n) is 31.1. The van der Waals surface area contributed by atoms with Crippen LogP contribution in [-0.2, 0) is 28.6 Å². The maximum absolute atomic E-state index is 12.9. The molecule has 0 aliphatic carbocycles. The molecule has 0 amide bonds. The monoisotopic (exact) mass is 995 g/mol. The lowest BCUT2D eigenvalue weighted by Gasteiger charge is -2.18. The van der Waals surface area contributed by atoms with Crippen LogP contribution in [0.3, 0.4) is 0 Å². The van der Waals surface area contributed by atoms with Crippen molar-refractivity contribution in [3.8, 4) is 0 Å². The highest BCUT2D eigenvalue weighted by Crippen LogP contribution is 2.17. The van der Waals surface area contributed by atoms with Gasteiger partial charge in [0.2, 0.25) is 0 Å². The van der Waals surface area contributed by atoms with Gasteiger partial charge in [-0.1, -0.05) is 301 Å². The van der Waals surface area contributed by atoms with Crippen molar-refractivity contribution >= 4 is 17.9 Å². The molecule has 0 saturated heterocycles. The van der Waals surface area contributed by atoms with Crippen LogP contribution in [0.2, 0.25) is 0 Å². The number of esters is 3. The minimum atomic E-state index is -0.783. The molecule has 0 aromatic carbocycles. The van der Waals surface area contributed by atoms with Crippen molar-refractivity contribution in [3.63, 3.8) is 0 Å². The largest absolute Gasteiger partial charge is 0.462 e. The SMILES string of the molecule is CC/C=C\C/C=C\C/C=C\C/C=C\CCCCCCC(=O)OC(COC(=O)CCCCCCCCCCCCCCCCC)COC(=O)CCCCCCCCCCCCCCCCCCCCCCC. The summed E-state index contributed by atoms with van der Waals surface area (Å²) in [4.78, 5) is 38.3. The standard InChI is InChI=1S/C65H118O6/c1-4-7-10-13-16-19-22-25-28-30-31-32-33-35-37-40-43-46-49-52-55-58-64(67)70-61-62(60-69-63(66)57-54-51-48-45-42-39-36-27-24-21-18-15-12-9-6-3)71-65(68)59-56-53-50-47-44-41-38-34-29-26-23-20-17-14-11-8-5-2/h8,11,17,20,26,29,38,41,62H,4-7,9-10,12-16,18-19,21-25,27-28,30-37,39-40,42-61H2,1-3H3/b11-8-,20-17-,29-26-,41-38-. The van der Waals surface area contributed by atoms with Crippen LogP contribution in [0, 0.1) is 0 Å². The van der Waals surface area contributed by atoms with E-state index in [1.54, 1.807) is 0 Å². The zero-order chi connectivity index (χ0) is 51.4. The van der Waals surface area contributed by atoms with Crippen LogP contribution >= 0.6 is 0 Å². The van der Waals surface area contributed by atoms with Gasteiger partial charge in [-0.05, 0) is 57.8 Å². The molecule has 0 fully saturated rings. The molecular weight excluding hydrogens is 877 g/mol. The number of hydrogen-bond acceptors (Lipinski definition) is 6. The number of ether oxygens (including phenoxy) is 3. The molecule has 0 radical (unpaired) electrons. The van der Waals surface area contributed by atoms with Gasteiger partial charge < -0.3 is 14.2 Å². The maximum atomic E-state index is 12.9. The topological polar surface area (TPSA) is 78.9 Å². The molecule has 0 spiro atoms. The van der Waals surface area contributed by atoms with Crippen molar-refractivity contribution in [2.75, 3.05) is 13.2 Å². The zero-order valence-corrected chi connectivity index (χ0v) is 47.5. The van der Waals surface area contributed by atoms with Crippen molar-refractivity contribution in [2.24, 2.45) is 0 Å². The molecule has 0 bridgehead atoms. The predicted molar refractivity (Wildman–Crippen MR) is 307 cm³/mol. The van der Waals surface area contributed by atoms with Gasteiger partial charge in [0.05, 0.1) is 0 Å². The second kappa shape index (κ2) is 59.9. The van der Waals surface area contributed by atoms with Crippen molar-refractivity contribution in [1.29, 1.82) is 0 Å². The molecule has 6 heteroatoms. The number of carbonyl (C=O) groups is 3. The van der Waals surface area contributed by atoms with Gasteiger partial charge in [0.25, 0.3) is 0 Å². The van der Waals surface area contributed by atoms with E-state index in [4.69, 9.17) is 14.2 Å². The van der Waals surface area contributed by atoms with E-state index in [-0.39, 0.29) is 31.1 Å². The first-order chi connectivity index (χ1) is 35.0. The number of unbranched alkanes of at least 4 members (excludes halogenated alkanes) is 38. The first-order valence-corrected chi connectivity index (χ1v) is 31.1. The van der Waals surface area contributed by atoms with E-state index in [0.29, 0.717) is 19.3 Å². The lowest BCUT2D eigenvalue weighted by molar-refractivity contribution is -0.167. The average Bonchev–Trinajstić information content (AvgIpc) is 3.37. The van der Waals surface area contributed by atoms with Crippen LogP contribution in [0.1, 0.15) is 329 Å². The fourth-order valence-corrected chi connectivity index (χ4v) is 9.20. The average molecular weight is 996 g/mol. The maximum Gasteiger partial charge on any atom is 0.306 e. The Labute approximate surface area is 441 Å². The van der Waals surface area contributed by atoms with E-state index >= 15 is 0 Å². The zero-order valence-electron chi connectivity index (χ0n) is 47.5. The van der Waals surface area contributed by atoms with Gasteiger partial charge in [-0.15, -0.1) is 0 Å². The molecule has 71 heavy (non-hydrogen) atoms. The third-order valence-corrected chi connectivity index (χ3v) is 13.8. The number of hydrogen-bond donors (Lipinski definition) is 0. The van der Waals surface area contributed by atoms with Crippen molar-refractivity contribution in [2.45, 2.75) is 335 Å². The Morgan fingerprint density at radius 3 is 0.859 bits per heavy atom. The van der Waals surface area contributed by atoms with Crippen LogP contribution in [0.15, 0.2) is 48.6 Å². The molecule has 0 rings (SSSR count). The van der Waals surface area contributed by atoms with Crippen LogP contribution < -0.4 is 0 Å². The van der Waals surface area contributed by atoms with Crippen LogP contribution in [-0.4, -0.2) is 37.2 Å². The van der Waals surface area contributed by atoms with Crippen LogP contribution in [0.4, 0.5) is 0 Å². The highest BCUT2D eigenvalue weighted by atomic mass is 16.6. The van der Waals surface area contributed by atoms with Crippen molar-refractivity contribution in [1.82, 2.24) is 0 Å². The number of allylic oxidation sites excluding steroid dienone is 8. The highest BCUT2D eigenvalue weighted by Gasteiger charge is 2.19. The first kappa shape index (κ1) is 68.4. The smallest absolute Gasteiger partial charge is 0.306 e. The minimum absolute atomic E-state index is 0.0784. The lowest BCUT2D eigenvalue weighted by Crippen LogP contribution is -2.30. The summed E-state index contributed by atoms with van der Waals surface area (Å²) in [5.41, 5.74) is 0. The van der Waals surface area contributed by atoms with E-state index in [0.717, 1.165) is 96.3 Å². The summed E-state index contributed by atoms with van der Waals surface area (Å²) in [5, 5.41) is 0. The van der Waals surface area contributed by atoms with Crippen LogP contribution in [0.25, 0.3) is 0 Å². The molecule has 0 saturated carbocycles. The summed E-state index contributed by atoms with van der Waals surface area (Å²) in [6.07, 6.45) is 74.0. The molecule has 1 atom stereocenters. The van der Waals surface area contributed by atoms with Crippen LogP contribution in [0.5, 0.6) is 0 Å². The van der Waals surface area contributed by atoms with Gasteiger partial charge in [0.15, 0.2) is 6.10 Å². The minimum Gasteiger partial charge on any atom is -0.462 e. The van der Waals surface area contributed by atoms with Crippen molar-refractivity contribution < 1.29 is 28.6 Å². The van der Waals surface area contributed by atoms with E-state index in [9.17, 15) is 14.4 Å². The Morgan fingerprint density at radius 2 is 0.549 bits per heavy atom. The molecular formula is C65H118O6. The van der Waals surface area contributed by atoms with Crippen molar-refractivity contribution in [3.05, 3.63) is 48.6 Å². The third kappa shape index (κ3) is 58.1. The number of rotatable bonds is 57. The third-order valence-electron chi connectivity index (χ3n) is 13.8. The van der Waals surface area contributed by atoms with Gasteiger partial charge in [-0.2, -0.15) is 0 Å². The summed E-state index contributed by atoms with van der Waals surface area (Å²) >= 11 is 0. The Hall–Kier alpha value is -2.63. The van der Waals surface area contributed by atoms with E-state index in [1.807, 2.05) is 0 Å². The van der Waals surface area contributed by atoms with E-state index < -0.39 is 6.10 Å². The fraction of sp³-hybridized carbons (Fsp3) is 0.831. The van der Waals surface area contributed by atoms with E-state index in [2.05, 4.69) is 69.4 Å². The molecule has 6 nitrogen and oxygen atoms in total. The molecule has 0 aromatic rings. The lowest BCUT2D eigenvalue weighted by atomic mass is 10.0. The van der Waals surface area contributed by atoms with Gasteiger partial charge in [-0.3, -0.25) is 14.4 Å². The molecule has 1 unspecified atom stereocenters. The Morgan fingerprint density at radius 1 is 0.296 bits per heavy atom. The second-order valence-corrected chi connectivity index (χ2v) is 21.0. The Balaban J connectivity index is 4.34. The van der Waals surface area contributed by atoms with Gasteiger partial charge in [-0.25, -0.2) is 0 Å². The molecule has 0 N–H and O–H groups in total. The van der Waals surface area contributed by atoms with Gasteiger partial charge in [0, 0.05) is 19.3 Å². The Kier molecular flexibility index (Phi) is 57.7. The summed E-state index contributed by atoms with van der Waals surface area (Å²) in [7, 11) is 0. The molecule has 414 valence electrons. The fourth-order valence-electron chi connectivity index (χ4n) is 9.20. The van der Waals surface area contributed by atoms with E-state index in [1.165, 1.54) is 193 Å². The highest BCUT2D eigenvalue weighted by molar-refractivity contribution is 5.71. The molecule has 0 aromatic heterocycles. The summed E-state index contributed by atoms with van der Waals surface area (Å²) < 4.78 is 16.9. The normalized spacial score (nSPS) is 12.3. The molecule has 0 aliphatic rings. The Bertz CT molecular complexity index is 1230. The van der Waals surface area contributed by atoms with Gasteiger partial charge >= 0.3 is 17.9 Å². The summed E-state index contributed by atoms with van der Waals surface area (Å²) in [6.45, 7) is 6.56. The quantitative estimate of drug-likeness (QED) is 0.0261. The molecule has 0 aliphatic heterocycles. The molecule has 0 heterocycles. The summed E-state index contributed by atoms with van der Waals surface area (Å²) in [6, 6.07) is 0. The summed E-state index contributed by atoms with van der Waals surface area (Å²) in [5.74, 6) is -0.881. The predicted octanol–water partition coefficient (Wildman–Crippen LogP) is 21.0. The number of carbonyl (C=O) groups excluding carboxylic acids is 3. The van der Waals surface area contributed by atoms with Gasteiger partial charge in [0.1, 0.15) is 13.2 Å². The second-order valence-electron chi connectivity index (χ2n) is 21.0.